The molecular weight excluding hydrogens is 321 g/mol. The largest absolute Gasteiger partial charge is 0.492 e. The van der Waals surface area contributed by atoms with Crippen LogP contribution in [0.5, 0.6) is 11.5 Å². The summed E-state index contributed by atoms with van der Waals surface area (Å²) in [6.45, 7) is 0.504. The molecule has 0 saturated carbocycles. The van der Waals surface area contributed by atoms with Crippen LogP contribution in [0, 0.1) is 5.82 Å². The third kappa shape index (κ3) is 5.45. The number of para-hydroxylation sites is 1. The van der Waals surface area contributed by atoms with E-state index in [1.54, 1.807) is 43.4 Å². The zero-order chi connectivity index (χ0) is 16.7. The molecule has 0 radical (unpaired) electrons. The van der Waals surface area contributed by atoms with Crippen molar-refractivity contribution in [3.63, 3.8) is 0 Å². The van der Waals surface area contributed by atoms with Gasteiger partial charge in [-0.15, -0.1) is 0 Å². The van der Waals surface area contributed by atoms with Gasteiger partial charge in [0.05, 0.1) is 6.54 Å². The highest BCUT2D eigenvalue weighted by Crippen LogP contribution is 2.16. The van der Waals surface area contributed by atoms with E-state index in [1.165, 1.54) is 17.0 Å². The van der Waals surface area contributed by atoms with Crippen molar-refractivity contribution in [2.45, 2.75) is 0 Å². The predicted octanol–water partition coefficient (Wildman–Crippen LogP) is 3.40. The minimum atomic E-state index is -0.492. The summed E-state index contributed by atoms with van der Waals surface area (Å²) in [5.41, 5.74) is 0. The summed E-state index contributed by atoms with van der Waals surface area (Å²) >= 11 is 5.79. The normalized spacial score (nSPS) is 10.2. The Morgan fingerprint density at radius 3 is 2.52 bits per heavy atom. The first-order valence-corrected chi connectivity index (χ1v) is 7.43. The van der Waals surface area contributed by atoms with Gasteiger partial charge in [-0.25, -0.2) is 4.39 Å². The smallest absolute Gasteiger partial charge is 0.260 e. The molecule has 0 aliphatic carbocycles. The highest BCUT2D eigenvalue weighted by molar-refractivity contribution is 6.30. The van der Waals surface area contributed by atoms with Gasteiger partial charge < -0.3 is 14.4 Å². The summed E-state index contributed by atoms with van der Waals surface area (Å²) in [6, 6.07) is 12.9. The van der Waals surface area contributed by atoms with E-state index in [0.29, 0.717) is 23.9 Å². The van der Waals surface area contributed by atoms with Crippen molar-refractivity contribution < 1.29 is 18.7 Å². The lowest BCUT2D eigenvalue weighted by Crippen LogP contribution is -2.34. The Bertz CT molecular complexity index is 649. The van der Waals surface area contributed by atoms with Gasteiger partial charge in [0.25, 0.3) is 5.91 Å². The van der Waals surface area contributed by atoms with Gasteiger partial charge in [-0.1, -0.05) is 23.7 Å². The summed E-state index contributed by atoms with van der Waals surface area (Å²) in [7, 11) is 1.64. The Morgan fingerprint density at radius 1 is 1.13 bits per heavy atom. The van der Waals surface area contributed by atoms with Crippen LogP contribution >= 0.6 is 11.6 Å². The lowest BCUT2D eigenvalue weighted by molar-refractivity contribution is -0.132. The number of halogens is 2. The summed E-state index contributed by atoms with van der Waals surface area (Å²) < 4.78 is 24.1. The van der Waals surface area contributed by atoms with Crippen molar-refractivity contribution in [1.29, 1.82) is 0 Å². The Morgan fingerprint density at radius 2 is 1.83 bits per heavy atom. The lowest BCUT2D eigenvalue weighted by Gasteiger charge is -2.18. The number of benzene rings is 2. The van der Waals surface area contributed by atoms with E-state index < -0.39 is 5.82 Å². The first-order valence-electron chi connectivity index (χ1n) is 7.06. The van der Waals surface area contributed by atoms with Crippen LogP contribution in [0.3, 0.4) is 0 Å². The number of carbonyl (C=O) groups is 1. The second-order valence-electron chi connectivity index (χ2n) is 4.84. The van der Waals surface area contributed by atoms with Crippen molar-refractivity contribution in [3.05, 3.63) is 59.4 Å². The van der Waals surface area contributed by atoms with Crippen LogP contribution in [0.25, 0.3) is 0 Å². The quantitative estimate of drug-likeness (QED) is 0.777. The maximum Gasteiger partial charge on any atom is 0.260 e. The maximum absolute atomic E-state index is 13.4. The number of nitrogens with zero attached hydrogens (tertiary/aromatic N) is 1. The molecule has 1 amide bonds. The molecule has 0 aromatic heterocycles. The number of carbonyl (C=O) groups excluding carboxylic acids is 1. The van der Waals surface area contributed by atoms with Gasteiger partial charge >= 0.3 is 0 Å². The van der Waals surface area contributed by atoms with Crippen molar-refractivity contribution in [1.82, 2.24) is 4.90 Å². The zero-order valence-corrected chi connectivity index (χ0v) is 13.4. The molecule has 0 atom stereocenters. The van der Waals surface area contributed by atoms with E-state index in [0.717, 1.165) is 0 Å². The van der Waals surface area contributed by atoms with Crippen LogP contribution in [0.2, 0.25) is 5.02 Å². The number of likely N-dealkylation sites (N-methyl/N-ethyl adjacent to an activating group) is 1. The number of hydrogen-bond donors (Lipinski definition) is 0. The Labute approximate surface area is 139 Å². The van der Waals surface area contributed by atoms with E-state index in [1.807, 2.05) is 0 Å². The second kappa shape index (κ2) is 8.39. The highest BCUT2D eigenvalue weighted by atomic mass is 35.5. The molecule has 122 valence electrons. The molecule has 0 aliphatic rings. The van der Waals surface area contributed by atoms with Crippen LogP contribution in [0.4, 0.5) is 4.39 Å². The highest BCUT2D eigenvalue weighted by Gasteiger charge is 2.11. The number of rotatable bonds is 7. The van der Waals surface area contributed by atoms with E-state index in [9.17, 15) is 9.18 Å². The first kappa shape index (κ1) is 17.1. The van der Waals surface area contributed by atoms with E-state index in [-0.39, 0.29) is 18.3 Å². The van der Waals surface area contributed by atoms with Gasteiger partial charge in [0.1, 0.15) is 12.4 Å². The molecule has 0 bridgehead atoms. The molecule has 23 heavy (non-hydrogen) atoms. The Balaban J connectivity index is 1.72. The average molecular weight is 338 g/mol. The van der Waals surface area contributed by atoms with Gasteiger partial charge in [0.15, 0.2) is 18.2 Å². The fourth-order valence-electron chi connectivity index (χ4n) is 1.77. The third-order valence-corrected chi connectivity index (χ3v) is 3.37. The van der Waals surface area contributed by atoms with Crippen molar-refractivity contribution in [2.24, 2.45) is 0 Å². The molecule has 0 aliphatic heterocycles. The van der Waals surface area contributed by atoms with Crippen molar-refractivity contribution in [3.8, 4) is 11.5 Å². The monoisotopic (exact) mass is 337 g/mol. The van der Waals surface area contributed by atoms with Gasteiger partial charge in [-0.2, -0.15) is 0 Å². The third-order valence-electron chi connectivity index (χ3n) is 3.12. The molecule has 4 nitrogen and oxygen atoms in total. The van der Waals surface area contributed by atoms with Crippen LogP contribution < -0.4 is 9.47 Å². The van der Waals surface area contributed by atoms with Gasteiger partial charge in [0.2, 0.25) is 0 Å². The number of amides is 1. The van der Waals surface area contributed by atoms with E-state index in [2.05, 4.69) is 0 Å². The summed E-state index contributed by atoms with van der Waals surface area (Å²) in [5.74, 6) is -0.00787. The SMILES string of the molecule is CN(CCOc1ccc(Cl)cc1)C(=O)COc1ccccc1F. The predicted molar refractivity (Wildman–Crippen MR) is 86.5 cm³/mol. The molecule has 6 heteroatoms. The molecule has 2 aromatic carbocycles. The molecule has 0 saturated heterocycles. The van der Waals surface area contributed by atoms with Crippen molar-refractivity contribution in [2.75, 3.05) is 26.8 Å². The standard InChI is InChI=1S/C17H17ClFNO3/c1-20(10-11-22-14-8-6-13(18)7-9-14)17(21)12-23-16-5-3-2-4-15(16)19/h2-9H,10-12H2,1H3. The van der Waals surface area contributed by atoms with E-state index in [4.69, 9.17) is 21.1 Å². The van der Waals surface area contributed by atoms with Crippen LogP contribution in [-0.4, -0.2) is 37.6 Å². The number of hydrogen-bond acceptors (Lipinski definition) is 3. The Hall–Kier alpha value is -2.27. The van der Waals surface area contributed by atoms with Crippen LogP contribution in [-0.2, 0) is 4.79 Å². The molecular formula is C17H17ClFNO3. The minimum absolute atomic E-state index is 0.0617. The summed E-state index contributed by atoms with van der Waals surface area (Å²) in [4.78, 5) is 13.4. The summed E-state index contributed by atoms with van der Waals surface area (Å²) in [6.07, 6.45) is 0. The molecule has 0 unspecified atom stereocenters. The fourth-order valence-corrected chi connectivity index (χ4v) is 1.89. The molecule has 0 spiro atoms. The van der Waals surface area contributed by atoms with E-state index >= 15 is 0 Å². The molecule has 2 aromatic rings. The molecule has 0 heterocycles. The van der Waals surface area contributed by atoms with Crippen molar-refractivity contribution >= 4 is 17.5 Å². The lowest BCUT2D eigenvalue weighted by atomic mass is 10.3. The van der Waals surface area contributed by atoms with Crippen LogP contribution in [0.15, 0.2) is 48.5 Å². The molecule has 0 fully saturated rings. The molecule has 0 N–H and O–H groups in total. The maximum atomic E-state index is 13.4. The fraction of sp³-hybridized carbons (Fsp3) is 0.235. The average Bonchev–Trinajstić information content (AvgIpc) is 2.55. The van der Waals surface area contributed by atoms with Crippen LogP contribution in [0.1, 0.15) is 0 Å². The second-order valence-corrected chi connectivity index (χ2v) is 5.27. The molecule has 2 rings (SSSR count). The first-order chi connectivity index (χ1) is 11.1. The van der Waals surface area contributed by atoms with Gasteiger partial charge in [-0.3, -0.25) is 4.79 Å². The zero-order valence-electron chi connectivity index (χ0n) is 12.7. The Kier molecular flexibility index (Phi) is 6.23. The van der Waals surface area contributed by atoms with Gasteiger partial charge in [-0.05, 0) is 36.4 Å². The minimum Gasteiger partial charge on any atom is -0.492 e. The summed E-state index contributed by atoms with van der Waals surface area (Å²) in [5, 5.41) is 0.634. The topological polar surface area (TPSA) is 38.8 Å². The number of ether oxygens (including phenoxy) is 2. The van der Waals surface area contributed by atoms with Gasteiger partial charge in [0, 0.05) is 12.1 Å².